The fourth-order valence-corrected chi connectivity index (χ4v) is 7.98. The number of nitrogens with zero attached hydrogens (tertiary/aromatic N) is 3. The lowest BCUT2D eigenvalue weighted by Gasteiger charge is -2.36. The lowest BCUT2D eigenvalue weighted by atomic mass is 10.0. The van der Waals surface area contributed by atoms with E-state index < -0.39 is 0 Å². The third-order valence-corrected chi connectivity index (χ3v) is 11.6. The maximum absolute atomic E-state index is 14.1. The molecule has 1 saturated carbocycles. The average Bonchev–Trinajstić information content (AvgIpc) is 3.42. The van der Waals surface area contributed by atoms with Crippen LogP contribution in [0.15, 0.2) is 24.3 Å². The molecule has 1 atom stereocenters. The molecule has 0 radical (unpaired) electrons. The number of unbranched alkanes of at least 4 members (excludes halogenated alkanes) is 17. The zero-order valence-electron chi connectivity index (χ0n) is 34.9. The third-order valence-electron chi connectivity index (χ3n) is 11.6. The topological polar surface area (TPSA) is 55.9 Å². The Hall–Kier alpha value is -1.66. The van der Waals surface area contributed by atoms with Gasteiger partial charge in [0.25, 0.3) is 0 Å². The van der Waals surface area contributed by atoms with E-state index in [9.17, 15) is 9.59 Å². The molecule has 1 heterocycles. The Balaban J connectivity index is 1.90. The van der Waals surface area contributed by atoms with Crippen molar-refractivity contribution in [2.24, 2.45) is 0 Å². The fraction of sp³-hybridized carbons (Fsp3) is 0.870. The van der Waals surface area contributed by atoms with Crippen LogP contribution in [0.25, 0.3) is 0 Å². The smallest absolute Gasteiger partial charge is 0.243 e. The Kier molecular flexibility index (Phi) is 29.3. The van der Waals surface area contributed by atoms with Gasteiger partial charge in [0.15, 0.2) is 0 Å². The van der Waals surface area contributed by atoms with Crippen molar-refractivity contribution in [2.75, 3.05) is 46.3 Å². The lowest BCUT2D eigenvalue weighted by molar-refractivity contribution is -0.141. The maximum Gasteiger partial charge on any atom is 0.243 e. The minimum atomic E-state index is -0.338. The van der Waals surface area contributed by atoms with Crippen LogP contribution in [0.1, 0.15) is 200 Å². The van der Waals surface area contributed by atoms with E-state index in [0.29, 0.717) is 13.0 Å². The molecule has 52 heavy (non-hydrogen) atoms. The van der Waals surface area contributed by atoms with E-state index in [4.69, 9.17) is 0 Å². The minimum Gasteiger partial charge on any atom is -0.352 e. The Morgan fingerprint density at radius 3 is 1.79 bits per heavy atom. The summed E-state index contributed by atoms with van der Waals surface area (Å²) in [5.41, 5.74) is 0. The molecule has 2 aliphatic rings. The van der Waals surface area contributed by atoms with Crippen LogP contribution in [-0.4, -0.2) is 84.9 Å². The molecule has 0 bridgehead atoms. The van der Waals surface area contributed by atoms with Crippen LogP contribution in [-0.2, 0) is 9.59 Å². The molecule has 2 fully saturated rings. The normalized spacial score (nSPS) is 17.2. The van der Waals surface area contributed by atoms with Crippen molar-refractivity contribution < 1.29 is 9.59 Å². The van der Waals surface area contributed by atoms with Gasteiger partial charge in [-0.05, 0) is 64.8 Å². The highest BCUT2D eigenvalue weighted by Crippen LogP contribution is 2.21. The number of amides is 2. The number of carbonyl (C=O) groups is 2. The number of nitrogens with one attached hydrogen (secondary N) is 1. The summed E-state index contributed by atoms with van der Waals surface area (Å²) in [4.78, 5) is 35.1. The van der Waals surface area contributed by atoms with Crippen LogP contribution >= 0.6 is 0 Å². The monoisotopic (exact) mass is 727 g/mol. The van der Waals surface area contributed by atoms with Gasteiger partial charge in [-0.15, -0.1) is 0 Å². The van der Waals surface area contributed by atoms with Crippen LogP contribution in [0.4, 0.5) is 0 Å². The van der Waals surface area contributed by atoms with Crippen molar-refractivity contribution in [2.45, 2.75) is 212 Å². The van der Waals surface area contributed by atoms with Crippen LogP contribution in [0, 0.1) is 0 Å². The van der Waals surface area contributed by atoms with Crippen LogP contribution in [0.3, 0.4) is 0 Å². The van der Waals surface area contributed by atoms with Crippen LogP contribution in [0.5, 0.6) is 0 Å². The lowest BCUT2D eigenvalue weighted by Crippen LogP contribution is -2.54. The van der Waals surface area contributed by atoms with Gasteiger partial charge in [0.1, 0.15) is 6.04 Å². The molecule has 0 aromatic carbocycles. The van der Waals surface area contributed by atoms with Gasteiger partial charge in [-0.1, -0.05) is 160 Å². The van der Waals surface area contributed by atoms with Crippen molar-refractivity contribution in [1.29, 1.82) is 0 Å². The van der Waals surface area contributed by atoms with E-state index in [1.165, 1.54) is 122 Å². The molecule has 0 aromatic rings. The first kappa shape index (κ1) is 46.5. The number of allylic oxidation sites excluding steroid dienone is 4. The maximum atomic E-state index is 14.1. The molecule has 0 aromatic heterocycles. The quantitative estimate of drug-likeness (QED) is 0.0439. The summed E-state index contributed by atoms with van der Waals surface area (Å²) in [6.45, 7) is 10.3. The summed E-state index contributed by atoms with van der Waals surface area (Å²) in [5.74, 6) is 0.322. The zero-order valence-corrected chi connectivity index (χ0v) is 34.9. The van der Waals surface area contributed by atoms with Gasteiger partial charge in [-0.2, -0.15) is 0 Å². The SMILES string of the molecule is CCCCC/C=C\C/C=C\CCCCCCCC(=O)N(CCN1CCN(C)CC1)C(CCCCCCCCCCCC)C(=O)NC1CCCCCC1. The molecule has 1 saturated heterocycles. The van der Waals surface area contributed by atoms with E-state index in [2.05, 4.69) is 60.3 Å². The number of piperazine rings is 1. The predicted molar refractivity (Wildman–Crippen MR) is 225 cm³/mol. The fourth-order valence-electron chi connectivity index (χ4n) is 7.98. The molecule has 6 nitrogen and oxygen atoms in total. The molecule has 6 heteroatoms. The van der Waals surface area contributed by atoms with Crippen molar-refractivity contribution in [1.82, 2.24) is 20.0 Å². The second-order valence-electron chi connectivity index (χ2n) is 16.4. The van der Waals surface area contributed by atoms with Gasteiger partial charge in [0, 0.05) is 51.7 Å². The minimum absolute atomic E-state index is 0.120. The van der Waals surface area contributed by atoms with E-state index in [1.54, 1.807) is 0 Å². The highest BCUT2D eigenvalue weighted by atomic mass is 16.2. The Morgan fingerprint density at radius 2 is 1.17 bits per heavy atom. The zero-order chi connectivity index (χ0) is 37.3. The van der Waals surface area contributed by atoms with Gasteiger partial charge in [-0.3, -0.25) is 14.5 Å². The first-order valence-corrected chi connectivity index (χ1v) is 22.9. The first-order chi connectivity index (χ1) is 25.5. The van der Waals surface area contributed by atoms with Gasteiger partial charge in [0.05, 0.1) is 0 Å². The molecule has 2 amide bonds. The number of rotatable bonds is 31. The van der Waals surface area contributed by atoms with Gasteiger partial charge in [0.2, 0.25) is 11.8 Å². The van der Waals surface area contributed by atoms with Gasteiger partial charge >= 0.3 is 0 Å². The van der Waals surface area contributed by atoms with Gasteiger partial charge in [-0.25, -0.2) is 0 Å². The second kappa shape index (κ2) is 32.7. The number of carbonyl (C=O) groups excluding carboxylic acids is 2. The largest absolute Gasteiger partial charge is 0.352 e. The summed E-state index contributed by atoms with van der Waals surface area (Å²) in [7, 11) is 2.19. The predicted octanol–water partition coefficient (Wildman–Crippen LogP) is 11.4. The summed E-state index contributed by atoms with van der Waals surface area (Å²) in [6, 6.07) is -0.0723. The molecule has 1 aliphatic heterocycles. The standard InChI is InChI=1S/C46H86N4O2/c1-4-6-8-10-12-14-16-17-18-19-20-22-24-26-32-36-45(51)50(42-41-49-39-37-48(3)38-40-49)44(46(52)47-43-33-29-27-28-30-34-43)35-31-25-23-21-15-13-11-9-7-5-2/h12,14,17-18,43-44H,4-11,13,15-16,19-42H2,1-3H3,(H,47,52)/b14-12-,18-17-. The molecular weight excluding hydrogens is 641 g/mol. The van der Waals surface area contributed by atoms with Crippen LogP contribution in [0.2, 0.25) is 0 Å². The van der Waals surface area contributed by atoms with E-state index in [0.717, 1.165) is 90.5 Å². The van der Waals surface area contributed by atoms with E-state index >= 15 is 0 Å². The summed E-state index contributed by atoms with van der Waals surface area (Å²) in [5, 5.41) is 3.48. The Morgan fingerprint density at radius 1 is 0.654 bits per heavy atom. The van der Waals surface area contributed by atoms with Crippen molar-refractivity contribution in [3.63, 3.8) is 0 Å². The first-order valence-electron chi connectivity index (χ1n) is 22.9. The Labute approximate surface area is 323 Å². The molecule has 1 aliphatic carbocycles. The van der Waals surface area contributed by atoms with Crippen molar-refractivity contribution >= 4 is 11.8 Å². The summed E-state index contributed by atoms with van der Waals surface area (Å²) < 4.78 is 0. The van der Waals surface area contributed by atoms with Gasteiger partial charge < -0.3 is 15.1 Å². The number of hydrogen-bond acceptors (Lipinski definition) is 4. The second-order valence-corrected chi connectivity index (χ2v) is 16.4. The summed E-state index contributed by atoms with van der Waals surface area (Å²) in [6.07, 6.45) is 43.6. The highest BCUT2D eigenvalue weighted by Gasteiger charge is 2.31. The number of hydrogen-bond donors (Lipinski definition) is 1. The average molecular weight is 727 g/mol. The molecule has 302 valence electrons. The van der Waals surface area contributed by atoms with E-state index in [-0.39, 0.29) is 23.9 Å². The molecule has 0 spiro atoms. The molecule has 2 rings (SSSR count). The Bertz CT molecular complexity index is 904. The van der Waals surface area contributed by atoms with Crippen molar-refractivity contribution in [3.05, 3.63) is 24.3 Å². The van der Waals surface area contributed by atoms with E-state index in [1.807, 2.05) is 4.90 Å². The van der Waals surface area contributed by atoms with Crippen LogP contribution < -0.4 is 5.32 Å². The van der Waals surface area contributed by atoms with Crippen molar-refractivity contribution in [3.8, 4) is 0 Å². The highest BCUT2D eigenvalue weighted by molar-refractivity contribution is 5.87. The summed E-state index contributed by atoms with van der Waals surface area (Å²) >= 11 is 0. The molecule has 1 unspecified atom stereocenters. The number of likely N-dealkylation sites (N-methyl/N-ethyl adjacent to an activating group) is 1. The third kappa shape index (κ3) is 23.9. The molecule has 1 N–H and O–H groups in total. The molecular formula is C46H86N4O2.